The Hall–Kier alpha value is -2.87. The second-order valence-electron chi connectivity index (χ2n) is 7.42. The Bertz CT molecular complexity index is 1240. The van der Waals surface area contributed by atoms with Crippen molar-refractivity contribution >= 4 is 27.1 Å². The highest BCUT2D eigenvalue weighted by Crippen LogP contribution is 2.31. The van der Waals surface area contributed by atoms with Gasteiger partial charge in [-0.05, 0) is 30.3 Å². The number of nitrogens with zero attached hydrogens (tertiary/aromatic N) is 3. The van der Waals surface area contributed by atoms with Gasteiger partial charge in [-0.25, -0.2) is 4.79 Å². The third-order valence-corrected chi connectivity index (χ3v) is 5.23. The fourth-order valence-corrected chi connectivity index (χ4v) is 3.68. The second kappa shape index (κ2) is 9.95. The molecule has 1 aliphatic heterocycles. The quantitative estimate of drug-likeness (QED) is 0.483. The van der Waals surface area contributed by atoms with E-state index in [0.717, 1.165) is 36.7 Å². The summed E-state index contributed by atoms with van der Waals surface area (Å²) in [5, 5.41) is 0. The molecule has 0 unspecified atom stereocenters. The van der Waals surface area contributed by atoms with Crippen LogP contribution in [0.5, 0.6) is 0 Å². The van der Waals surface area contributed by atoms with Gasteiger partial charge in [-0.2, -0.15) is 21.6 Å². The highest BCUT2D eigenvalue weighted by Gasteiger charge is 2.31. The first-order valence-corrected chi connectivity index (χ1v) is 11.3. The Morgan fingerprint density at radius 1 is 0.939 bits per heavy atom. The van der Waals surface area contributed by atoms with Crippen molar-refractivity contribution in [3.8, 4) is 0 Å². The summed E-state index contributed by atoms with van der Waals surface area (Å²) < 4.78 is 72.1. The number of rotatable bonds is 4. The van der Waals surface area contributed by atoms with E-state index in [1.807, 2.05) is 29.2 Å². The number of hydrogen-bond acceptors (Lipinski definition) is 5. The minimum absolute atomic E-state index is 0.121. The Balaban J connectivity index is 0.000000555. The SMILES string of the molecule is O=S(=O)(O)O.O=c1[nH]c2ccccc2n1CCN1CCN(c2cccc(C(F)(F)F)c2)CC1. The lowest BCUT2D eigenvalue weighted by molar-refractivity contribution is -0.137. The first-order valence-electron chi connectivity index (χ1n) is 9.94. The molecule has 33 heavy (non-hydrogen) atoms. The first kappa shape index (κ1) is 24.8. The predicted molar refractivity (Wildman–Crippen MR) is 117 cm³/mol. The third kappa shape index (κ3) is 7.05. The molecule has 13 heteroatoms. The monoisotopic (exact) mass is 488 g/mol. The van der Waals surface area contributed by atoms with Crippen LogP contribution in [-0.2, 0) is 23.1 Å². The Morgan fingerprint density at radius 2 is 1.58 bits per heavy atom. The van der Waals surface area contributed by atoms with E-state index in [-0.39, 0.29) is 5.69 Å². The Labute approximate surface area is 187 Å². The molecule has 0 atom stereocenters. The van der Waals surface area contributed by atoms with Gasteiger partial charge >= 0.3 is 22.3 Å². The van der Waals surface area contributed by atoms with Crippen LogP contribution < -0.4 is 10.6 Å². The van der Waals surface area contributed by atoms with Crippen LogP contribution in [0, 0.1) is 0 Å². The molecular weight excluding hydrogens is 465 g/mol. The molecule has 1 fully saturated rings. The minimum atomic E-state index is -4.67. The number of fused-ring (bicyclic) bond motifs is 1. The number of aromatic amines is 1. The number of alkyl halides is 3. The molecule has 1 aliphatic rings. The first-order chi connectivity index (χ1) is 15.4. The zero-order chi connectivity index (χ0) is 24.2. The van der Waals surface area contributed by atoms with E-state index >= 15 is 0 Å². The van der Waals surface area contributed by atoms with Gasteiger partial charge in [0.1, 0.15) is 0 Å². The molecule has 0 amide bonds. The number of benzene rings is 2. The topological polar surface area (TPSA) is 119 Å². The summed E-state index contributed by atoms with van der Waals surface area (Å²) in [6.07, 6.45) is -4.33. The molecule has 180 valence electrons. The Kier molecular flexibility index (Phi) is 7.47. The average molecular weight is 488 g/mol. The lowest BCUT2D eigenvalue weighted by Gasteiger charge is -2.36. The highest BCUT2D eigenvalue weighted by atomic mass is 32.3. The number of nitrogens with one attached hydrogen (secondary N) is 1. The van der Waals surface area contributed by atoms with Gasteiger partial charge in [-0.1, -0.05) is 18.2 Å². The van der Waals surface area contributed by atoms with Crippen LogP contribution in [0.25, 0.3) is 11.0 Å². The molecular formula is C20H23F3N4O5S. The number of hydrogen-bond donors (Lipinski definition) is 3. The molecule has 2 heterocycles. The van der Waals surface area contributed by atoms with E-state index in [2.05, 4.69) is 9.88 Å². The summed E-state index contributed by atoms with van der Waals surface area (Å²) in [7, 11) is -4.67. The second-order valence-corrected chi connectivity index (χ2v) is 8.32. The average Bonchev–Trinajstić information content (AvgIpc) is 3.06. The summed E-state index contributed by atoms with van der Waals surface area (Å²) in [5.74, 6) is 0. The minimum Gasteiger partial charge on any atom is -0.369 e. The molecule has 3 N–H and O–H groups in total. The van der Waals surface area contributed by atoms with E-state index in [1.54, 1.807) is 10.6 Å². The van der Waals surface area contributed by atoms with Crippen molar-refractivity contribution in [1.29, 1.82) is 0 Å². The van der Waals surface area contributed by atoms with E-state index < -0.39 is 22.1 Å². The van der Waals surface area contributed by atoms with Crippen molar-refractivity contribution in [3.05, 3.63) is 64.6 Å². The molecule has 9 nitrogen and oxygen atoms in total. The summed E-state index contributed by atoms with van der Waals surface area (Å²) in [4.78, 5) is 19.2. The van der Waals surface area contributed by atoms with Gasteiger partial charge in [-0.15, -0.1) is 0 Å². The lowest BCUT2D eigenvalue weighted by atomic mass is 10.1. The third-order valence-electron chi connectivity index (χ3n) is 5.23. The van der Waals surface area contributed by atoms with Crippen molar-refractivity contribution < 1.29 is 30.7 Å². The van der Waals surface area contributed by atoms with Crippen molar-refractivity contribution in [2.24, 2.45) is 0 Å². The van der Waals surface area contributed by atoms with E-state index in [0.29, 0.717) is 25.3 Å². The zero-order valence-corrected chi connectivity index (χ0v) is 18.2. The maximum absolute atomic E-state index is 12.9. The molecule has 3 aromatic rings. The normalized spacial score (nSPS) is 15.4. The van der Waals surface area contributed by atoms with E-state index in [4.69, 9.17) is 17.5 Å². The van der Waals surface area contributed by atoms with Gasteiger partial charge < -0.3 is 9.88 Å². The van der Waals surface area contributed by atoms with E-state index in [9.17, 15) is 18.0 Å². The summed E-state index contributed by atoms with van der Waals surface area (Å²) in [5.41, 5.74) is 1.56. The van der Waals surface area contributed by atoms with Gasteiger partial charge in [-0.3, -0.25) is 18.6 Å². The molecule has 2 aromatic carbocycles. The number of H-pyrrole nitrogens is 1. The smallest absolute Gasteiger partial charge is 0.369 e. The van der Waals surface area contributed by atoms with Crippen LogP contribution in [0.15, 0.2) is 53.3 Å². The molecule has 0 saturated carbocycles. The standard InChI is InChI=1S/C20H21F3N4O.H2O4S/c21-20(22,23)15-4-3-5-16(14-15)26-11-8-25(9-12-26)10-13-27-18-7-2-1-6-17(18)24-19(27)28;1-5(2,3)4/h1-7,14H,8-13H2,(H,24,28);(H2,1,2,3,4). The van der Waals surface area contributed by atoms with Crippen LogP contribution in [0.4, 0.5) is 18.9 Å². The highest BCUT2D eigenvalue weighted by molar-refractivity contribution is 7.79. The summed E-state index contributed by atoms with van der Waals surface area (Å²) in [6.45, 7) is 4.10. The summed E-state index contributed by atoms with van der Waals surface area (Å²) in [6, 6.07) is 13.1. The molecule has 0 aliphatic carbocycles. The van der Waals surface area contributed by atoms with Crippen molar-refractivity contribution in [1.82, 2.24) is 14.5 Å². The molecule has 1 saturated heterocycles. The van der Waals surface area contributed by atoms with Crippen molar-refractivity contribution in [2.45, 2.75) is 12.7 Å². The Morgan fingerprint density at radius 3 is 2.21 bits per heavy atom. The summed E-state index contributed by atoms with van der Waals surface area (Å²) >= 11 is 0. The largest absolute Gasteiger partial charge is 0.416 e. The lowest BCUT2D eigenvalue weighted by Crippen LogP contribution is -2.47. The van der Waals surface area contributed by atoms with Crippen LogP contribution in [0.1, 0.15) is 5.56 Å². The van der Waals surface area contributed by atoms with E-state index in [1.165, 1.54) is 12.1 Å². The number of piperazine rings is 1. The number of para-hydroxylation sites is 2. The predicted octanol–water partition coefficient (Wildman–Crippen LogP) is 2.52. The van der Waals surface area contributed by atoms with Crippen molar-refractivity contribution in [3.63, 3.8) is 0 Å². The molecule has 0 radical (unpaired) electrons. The van der Waals surface area contributed by atoms with Gasteiger partial charge in [0.25, 0.3) is 0 Å². The van der Waals surface area contributed by atoms with Gasteiger partial charge in [0.15, 0.2) is 0 Å². The molecule has 0 bridgehead atoms. The fraction of sp³-hybridized carbons (Fsp3) is 0.350. The number of aromatic nitrogens is 2. The van der Waals surface area contributed by atoms with Gasteiger partial charge in [0.05, 0.1) is 16.6 Å². The number of halogens is 3. The van der Waals surface area contributed by atoms with Crippen LogP contribution in [-0.4, -0.2) is 64.7 Å². The number of imidazole rings is 1. The maximum atomic E-state index is 12.9. The molecule has 4 rings (SSSR count). The van der Waals surface area contributed by atoms with Crippen LogP contribution in [0.3, 0.4) is 0 Å². The van der Waals surface area contributed by atoms with Crippen LogP contribution >= 0.6 is 0 Å². The fourth-order valence-electron chi connectivity index (χ4n) is 3.68. The zero-order valence-electron chi connectivity index (χ0n) is 17.4. The van der Waals surface area contributed by atoms with Crippen molar-refractivity contribution in [2.75, 3.05) is 37.6 Å². The van der Waals surface area contributed by atoms with Gasteiger partial charge in [0, 0.05) is 45.0 Å². The van der Waals surface area contributed by atoms with Gasteiger partial charge in [0.2, 0.25) is 0 Å². The maximum Gasteiger partial charge on any atom is 0.416 e. The number of anilines is 1. The molecule has 1 aromatic heterocycles. The molecule has 0 spiro atoms. The van der Waals surface area contributed by atoms with Crippen LogP contribution in [0.2, 0.25) is 0 Å².